The maximum atomic E-state index is 11.4. The standard InChI is InChI=1S/C26H28N2O2.C12H24N2O2/c1-20-17-27(18-21-7-3-2-4-8-21)13-14-28(20)26(24-11-6-12-25(30)16-24)23-10-5-9-22(15-23)19-29;1-13-8-10-14(11-9-13)7-5-3-2-4-6-12(15)16/h2-12,15-16,19-20,26,30H,13-14,17-18H2,1H3;2-11H2,1H3,(H,15,16). The van der Waals surface area contributed by atoms with Crippen LogP contribution in [0.3, 0.4) is 0 Å². The van der Waals surface area contributed by atoms with Crippen LogP contribution in [0, 0.1) is 0 Å². The maximum Gasteiger partial charge on any atom is 0.303 e. The molecule has 2 aliphatic rings. The Balaban J connectivity index is 0.000000254. The normalized spacial score (nSPS) is 18.8. The van der Waals surface area contributed by atoms with Gasteiger partial charge in [-0.3, -0.25) is 19.4 Å². The number of carboxylic acids is 1. The number of aromatic hydroxyl groups is 1. The van der Waals surface area contributed by atoms with Gasteiger partial charge in [-0.1, -0.05) is 73.5 Å². The Morgan fingerprint density at radius 1 is 0.826 bits per heavy atom. The molecule has 0 spiro atoms. The number of aliphatic carboxylic acids is 1. The van der Waals surface area contributed by atoms with Crippen molar-refractivity contribution in [2.75, 3.05) is 59.4 Å². The number of nitrogens with zero attached hydrogens (tertiary/aromatic N) is 4. The van der Waals surface area contributed by atoms with Crippen molar-refractivity contribution in [2.45, 2.75) is 57.7 Å². The predicted molar refractivity (Wildman–Crippen MR) is 184 cm³/mol. The number of carbonyl (C=O) groups excluding carboxylic acids is 1. The van der Waals surface area contributed by atoms with Gasteiger partial charge in [-0.25, -0.2) is 0 Å². The van der Waals surface area contributed by atoms with Gasteiger partial charge in [-0.05, 0) is 68.2 Å². The molecule has 2 atom stereocenters. The minimum absolute atomic E-state index is 0.00845. The molecule has 0 saturated carbocycles. The van der Waals surface area contributed by atoms with Gasteiger partial charge in [0.1, 0.15) is 12.0 Å². The number of carboxylic acid groups (broad SMARTS) is 1. The number of phenols is 1. The number of rotatable bonds is 13. The topological polar surface area (TPSA) is 87.6 Å². The highest BCUT2D eigenvalue weighted by atomic mass is 16.4. The molecule has 0 aliphatic carbocycles. The van der Waals surface area contributed by atoms with Gasteiger partial charge >= 0.3 is 5.97 Å². The van der Waals surface area contributed by atoms with Gasteiger partial charge in [0.2, 0.25) is 0 Å². The highest BCUT2D eigenvalue weighted by Gasteiger charge is 2.31. The second kappa shape index (κ2) is 18.6. The molecule has 2 fully saturated rings. The number of unbranched alkanes of at least 4 members (excludes halogenated alkanes) is 3. The zero-order chi connectivity index (χ0) is 32.7. The van der Waals surface area contributed by atoms with Crippen LogP contribution in [0.4, 0.5) is 0 Å². The zero-order valence-electron chi connectivity index (χ0n) is 27.6. The van der Waals surface area contributed by atoms with E-state index in [1.165, 1.54) is 51.1 Å². The Bertz CT molecular complexity index is 1350. The summed E-state index contributed by atoms with van der Waals surface area (Å²) in [6.07, 6.45) is 5.49. The number of phenolic OH excluding ortho intramolecular Hbond substituents is 1. The van der Waals surface area contributed by atoms with Crippen LogP contribution in [0.2, 0.25) is 0 Å². The first-order chi connectivity index (χ1) is 22.3. The third-order valence-electron chi connectivity index (χ3n) is 9.10. The van der Waals surface area contributed by atoms with Gasteiger partial charge in [-0.2, -0.15) is 0 Å². The van der Waals surface area contributed by atoms with Crippen LogP contribution in [0.5, 0.6) is 5.75 Å². The molecule has 8 heteroatoms. The molecule has 0 radical (unpaired) electrons. The van der Waals surface area contributed by atoms with Crippen molar-refractivity contribution in [3.8, 4) is 5.75 Å². The molecule has 2 heterocycles. The Labute approximate surface area is 275 Å². The molecule has 2 unspecified atom stereocenters. The summed E-state index contributed by atoms with van der Waals surface area (Å²) in [5, 5.41) is 18.6. The Morgan fingerprint density at radius 3 is 2.17 bits per heavy atom. The molecule has 3 aromatic carbocycles. The fraction of sp³-hybridized carbons (Fsp3) is 0.474. The summed E-state index contributed by atoms with van der Waals surface area (Å²) in [6.45, 7) is 12.0. The zero-order valence-corrected chi connectivity index (χ0v) is 27.6. The number of likely N-dealkylation sites (N-methyl/N-ethyl adjacent to an activating group) is 1. The average Bonchev–Trinajstić information content (AvgIpc) is 3.05. The minimum Gasteiger partial charge on any atom is -0.508 e. The molecular formula is C38H52N4O4. The summed E-state index contributed by atoms with van der Waals surface area (Å²) in [4.78, 5) is 31.5. The van der Waals surface area contributed by atoms with Crippen molar-refractivity contribution in [1.82, 2.24) is 19.6 Å². The molecule has 2 saturated heterocycles. The van der Waals surface area contributed by atoms with Crippen LogP contribution in [-0.4, -0.2) is 108 Å². The summed E-state index contributed by atoms with van der Waals surface area (Å²) >= 11 is 0. The lowest BCUT2D eigenvalue weighted by molar-refractivity contribution is -0.137. The van der Waals surface area contributed by atoms with E-state index in [1.54, 1.807) is 6.07 Å². The molecular weight excluding hydrogens is 576 g/mol. The van der Waals surface area contributed by atoms with Crippen molar-refractivity contribution >= 4 is 12.3 Å². The van der Waals surface area contributed by atoms with Gasteiger partial charge < -0.3 is 20.0 Å². The van der Waals surface area contributed by atoms with Gasteiger partial charge in [0.15, 0.2) is 0 Å². The lowest BCUT2D eigenvalue weighted by Gasteiger charge is -2.44. The Kier molecular flexibility index (Phi) is 14.2. The van der Waals surface area contributed by atoms with E-state index < -0.39 is 5.97 Å². The molecule has 46 heavy (non-hydrogen) atoms. The van der Waals surface area contributed by atoms with E-state index in [0.29, 0.717) is 18.0 Å². The largest absolute Gasteiger partial charge is 0.508 e. The molecule has 3 aromatic rings. The number of piperazine rings is 2. The molecule has 2 aliphatic heterocycles. The minimum atomic E-state index is -0.668. The average molecular weight is 629 g/mol. The van der Waals surface area contributed by atoms with E-state index in [4.69, 9.17) is 5.11 Å². The fourth-order valence-electron chi connectivity index (χ4n) is 6.53. The third kappa shape index (κ3) is 11.4. The second-order valence-electron chi connectivity index (χ2n) is 12.8. The lowest BCUT2D eigenvalue weighted by atomic mass is 9.93. The monoisotopic (exact) mass is 628 g/mol. The summed E-state index contributed by atoms with van der Waals surface area (Å²) < 4.78 is 0. The molecule has 2 N–H and O–H groups in total. The van der Waals surface area contributed by atoms with E-state index >= 15 is 0 Å². The van der Waals surface area contributed by atoms with Gasteiger partial charge in [-0.15, -0.1) is 0 Å². The third-order valence-corrected chi connectivity index (χ3v) is 9.10. The molecule has 5 rings (SSSR count). The van der Waals surface area contributed by atoms with E-state index in [9.17, 15) is 14.7 Å². The van der Waals surface area contributed by atoms with E-state index in [1.807, 2.05) is 30.3 Å². The number of aldehydes is 1. The summed E-state index contributed by atoms with van der Waals surface area (Å²) in [7, 11) is 2.17. The first kappa shape index (κ1) is 35.3. The lowest BCUT2D eigenvalue weighted by Crippen LogP contribution is -2.52. The summed E-state index contributed by atoms with van der Waals surface area (Å²) in [5.41, 5.74) is 4.13. The number of benzene rings is 3. The van der Waals surface area contributed by atoms with Crippen LogP contribution >= 0.6 is 0 Å². The van der Waals surface area contributed by atoms with Crippen LogP contribution in [-0.2, 0) is 11.3 Å². The molecule has 0 amide bonds. The number of carbonyl (C=O) groups is 2. The van der Waals surface area contributed by atoms with Gasteiger partial charge in [0.05, 0.1) is 6.04 Å². The Morgan fingerprint density at radius 2 is 1.50 bits per heavy atom. The highest BCUT2D eigenvalue weighted by Crippen LogP contribution is 2.34. The highest BCUT2D eigenvalue weighted by molar-refractivity contribution is 5.75. The molecule has 0 aromatic heterocycles. The van der Waals surface area contributed by atoms with Crippen molar-refractivity contribution in [3.05, 3.63) is 101 Å². The molecule has 248 valence electrons. The molecule has 0 bridgehead atoms. The van der Waals surface area contributed by atoms with E-state index in [2.05, 4.69) is 76.0 Å². The van der Waals surface area contributed by atoms with E-state index in [-0.39, 0.29) is 11.8 Å². The quantitative estimate of drug-likeness (QED) is 0.182. The maximum absolute atomic E-state index is 11.4. The van der Waals surface area contributed by atoms with Crippen molar-refractivity contribution in [3.63, 3.8) is 0 Å². The van der Waals surface area contributed by atoms with Crippen LogP contribution < -0.4 is 0 Å². The van der Waals surface area contributed by atoms with Crippen LogP contribution in [0.25, 0.3) is 0 Å². The smallest absolute Gasteiger partial charge is 0.303 e. The predicted octanol–water partition coefficient (Wildman–Crippen LogP) is 5.77. The van der Waals surface area contributed by atoms with Crippen LogP contribution in [0.15, 0.2) is 78.9 Å². The number of hydrogen-bond donors (Lipinski definition) is 2. The first-order valence-electron chi connectivity index (χ1n) is 16.8. The van der Waals surface area contributed by atoms with Gasteiger partial charge in [0, 0.05) is 70.4 Å². The summed E-state index contributed by atoms with van der Waals surface area (Å²) in [5.74, 6) is -0.404. The van der Waals surface area contributed by atoms with Crippen molar-refractivity contribution < 1.29 is 19.8 Å². The van der Waals surface area contributed by atoms with Crippen molar-refractivity contribution in [1.29, 1.82) is 0 Å². The second-order valence-corrected chi connectivity index (χ2v) is 12.8. The van der Waals surface area contributed by atoms with Gasteiger partial charge in [0.25, 0.3) is 0 Å². The van der Waals surface area contributed by atoms with E-state index in [0.717, 1.165) is 56.4 Å². The summed E-state index contributed by atoms with van der Waals surface area (Å²) in [6, 6.07) is 26.2. The fourth-order valence-corrected chi connectivity index (χ4v) is 6.53. The SMILES string of the molecule is CC1CN(Cc2ccccc2)CCN1C(c1cccc(O)c1)c1cccc(C=O)c1.CN1CCN(CCCCCCC(=O)O)CC1. The molecule has 8 nitrogen and oxygen atoms in total. The van der Waals surface area contributed by atoms with Crippen LogP contribution in [0.1, 0.15) is 72.1 Å². The Hall–Kier alpha value is -3.56. The van der Waals surface area contributed by atoms with Crippen molar-refractivity contribution in [2.24, 2.45) is 0 Å². The first-order valence-corrected chi connectivity index (χ1v) is 16.8. The number of hydrogen-bond acceptors (Lipinski definition) is 7.